The Labute approximate surface area is 62.5 Å². The van der Waals surface area contributed by atoms with Gasteiger partial charge in [0.15, 0.2) is 5.95 Å². The second-order valence-electron chi connectivity index (χ2n) is 2.46. The second kappa shape index (κ2) is 4.31. The summed E-state index contributed by atoms with van der Waals surface area (Å²) in [5, 5.41) is 0. The van der Waals surface area contributed by atoms with Crippen LogP contribution in [-0.4, -0.2) is 18.0 Å². The molecule has 10 heavy (non-hydrogen) atoms. The van der Waals surface area contributed by atoms with Crippen molar-refractivity contribution in [2.24, 2.45) is 0 Å². The van der Waals surface area contributed by atoms with Crippen molar-refractivity contribution < 1.29 is 4.39 Å². The Bertz CT molecular complexity index is 121. The molecule has 0 atom stereocenters. The van der Waals surface area contributed by atoms with Crippen LogP contribution < -0.4 is 0 Å². The molecule has 0 aliphatic rings. The highest BCUT2D eigenvalue weighted by Crippen LogP contribution is 2.09. The molecule has 2 heteroatoms. The topological polar surface area (TPSA) is 3.24 Å². The molecule has 0 heterocycles. The van der Waals surface area contributed by atoms with Crippen molar-refractivity contribution >= 4 is 0 Å². The van der Waals surface area contributed by atoms with Gasteiger partial charge in [0.2, 0.25) is 0 Å². The first-order valence-electron chi connectivity index (χ1n) is 3.71. The highest BCUT2D eigenvalue weighted by molar-refractivity contribution is 5.00. The minimum atomic E-state index is -0.0787. The van der Waals surface area contributed by atoms with Crippen molar-refractivity contribution in [3.8, 4) is 0 Å². The number of nitrogens with zero attached hydrogens (tertiary/aromatic N) is 1. The normalized spacial score (nSPS) is 9.30. The highest BCUT2D eigenvalue weighted by Gasteiger charge is 2.04. The van der Waals surface area contributed by atoms with E-state index in [1.165, 1.54) is 0 Å². The maximum atomic E-state index is 13.0. The fourth-order valence-corrected chi connectivity index (χ4v) is 0.817. The SMILES string of the molecule is CCN(CC)C(F)=C(C)C. The van der Waals surface area contributed by atoms with Crippen LogP contribution in [0.5, 0.6) is 0 Å². The maximum absolute atomic E-state index is 13.0. The largest absolute Gasteiger partial charge is 0.349 e. The molecule has 0 aliphatic heterocycles. The fourth-order valence-electron chi connectivity index (χ4n) is 0.817. The minimum absolute atomic E-state index is 0.0787. The van der Waals surface area contributed by atoms with Crippen LogP contribution in [0.15, 0.2) is 11.5 Å². The van der Waals surface area contributed by atoms with Gasteiger partial charge in [0.05, 0.1) is 0 Å². The van der Waals surface area contributed by atoms with E-state index in [2.05, 4.69) is 0 Å². The lowest BCUT2D eigenvalue weighted by molar-refractivity contribution is 0.289. The second-order valence-corrected chi connectivity index (χ2v) is 2.46. The van der Waals surface area contributed by atoms with Crippen LogP contribution in [0, 0.1) is 0 Å². The lowest BCUT2D eigenvalue weighted by Gasteiger charge is -2.18. The first kappa shape index (κ1) is 9.47. The van der Waals surface area contributed by atoms with E-state index in [4.69, 9.17) is 0 Å². The van der Waals surface area contributed by atoms with E-state index >= 15 is 0 Å². The molecule has 0 aromatic rings. The molecule has 0 spiro atoms. The van der Waals surface area contributed by atoms with Crippen LogP contribution in [0.4, 0.5) is 4.39 Å². The third-order valence-corrected chi connectivity index (χ3v) is 1.45. The van der Waals surface area contributed by atoms with E-state index in [0.717, 1.165) is 18.7 Å². The van der Waals surface area contributed by atoms with E-state index in [1.807, 2.05) is 13.8 Å². The van der Waals surface area contributed by atoms with E-state index in [-0.39, 0.29) is 5.95 Å². The van der Waals surface area contributed by atoms with Gasteiger partial charge in [-0.2, -0.15) is 4.39 Å². The van der Waals surface area contributed by atoms with Crippen LogP contribution in [0.2, 0.25) is 0 Å². The maximum Gasteiger partial charge on any atom is 0.188 e. The van der Waals surface area contributed by atoms with Gasteiger partial charge in [0, 0.05) is 13.1 Å². The van der Waals surface area contributed by atoms with Crippen molar-refractivity contribution in [2.45, 2.75) is 27.7 Å². The Balaban J connectivity index is 4.15. The van der Waals surface area contributed by atoms with Gasteiger partial charge in [-0.05, 0) is 33.3 Å². The van der Waals surface area contributed by atoms with Gasteiger partial charge < -0.3 is 4.90 Å². The first-order chi connectivity index (χ1) is 4.63. The molecule has 0 N–H and O–H groups in total. The van der Waals surface area contributed by atoms with Crippen molar-refractivity contribution in [3.63, 3.8) is 0 Å². The Hall–Kier alpha value is -0.530. The van der Waals surface area contributed by atoms with Crippen molar-refractivity contribution in [2.75, 3.05) is 13.1 Å². The van der Waals surface area contributed by atoms with Crippen LogP contribution in [0.3, 0.4) is 0 Å². The zero-order chi connectivity index (χ0) is 8.15. The van der Waals surface area contributed by atoms with Crippen LogP contribution in [-0.2, 0) is 0 Å². The molecule has 1 nitrogen and oxygen atoms in total. The molecule has 0 aliphatic carbocycles. The van der Waals surface area contributed by atoms with Crippen molar-refractivity contribution in [3.05, 3.63) is 11.5 Å². The summed E-state index contributed by atoms with van der Waals surface area (Å²) in [5.41, 5.74) is 0.753. The summed E-state index contributed by atoms with van der Waals surface area (Å²) in [6.45, 7) is 8.96. The van der Waals surface area contributed by atoms with Gasteiger partial charge in [0.25, 0.3) is 0 Å². The Morgan fingerprint density at radius 1 is 1.20 bits per heavy atom. The average molecular weight is 145 g/mol. The fraction of sp³-hybridized carbons (Fsp3) is 0.750. The summed E-state index contributed by atoms with van der Waals surface area (Å²) in [4.78, 5) is 1.70. The summed E-state index contributed by atoms with van der Waals surface area (Å²) in [5.74, 6) is -0.0787. The summed E-state index contributed by atoms with van der Waals surface area (Å²) in [7, 11) is 0. The third kappa shape index (κ3) is 2.38. The Morgan fingerprint density at radius 3 is 1.70 bits per heavy atom. The van der Waals surface area contributed by atoms with E-state index < -0.39 is 0 Å². The van der Waals surface area contributed by atoms with Crippen LogP contribution in [0.25, 0.3) is 0 Å². The van der Waals surface area contributed by atoms with Gasteiger partial charge in [-0.1, -0.05) is 0 Å². The molecular formula is C8H16FN. The lowest BCUT2D eigenvalue weighted by Crippen LogP contribution is -2.20. The third-order valence-electron chi connectivity index (χ3n) is 1.45. The molecule has 60 valence electrons. The summed E-state index contributed by atoms with van der Waals surface area (Å²) in [6, 6.07) is 0. The zero-order valence-electron chi connectivity index (χ0n) is 7.24. The Kier molecular flexibility index (Phi) is 4.08. The molecule has 0 radical (unpaired) electrons. The molecule has 0 fully saturated rings. The number of halogens is 1. The summed E-state index contributed by atoms with van der Waals surface area (Å²) in [6.07, 6.45) is 0. The standard InChI is InChI=1S/C8H16FN/c1-5-10(6-2)8(9)7(3)4/h5-6H2,1-4H3. The monoisotopic (exact) mass is 145 g/mol. The molecular weight excluding hydrogens is 129 g/mol. The van der Waals surface area contributed by atoms with Gasteiger partial charge in [-0.15, -0.1) is 0 Å². The first-order valence-corrected chi connectivity index (χ1v) is 3.71. The molecule has 0 bridgehead atoms. The van der Waals surface area contributed by atoms with Gasteiger partial charge >= 0.3 is 0 Å². The highest BCUT2D eigenvalue weighted by atomic mass is 19.1. The lowest BCUT2D eigenvalue weighted by atomic mass is 10.3. The minimum Gasteiger partial charge on any atom is -0.349 e. The molecule has 0 unspecified atom stereocenters. The molecule has 0 saturated carbocycles. The van der Waals surface area contributed by atoms with Crippen LogP contribution >= 0.6 is 0 Å². The number of hydrogen-bond donors (Lipinski definition) is 0. The Morgan fingerprint density at radius 2 is 1.60 bits per heavy atom. The molecule has 0 aromatic heterocycles. The molecule has 0 aromatic carbocycles. The summed E-state index contributed by atoms with van der Waals surface area (Å²) < 4.78 is 13.0. The van der Waals surface area contributed by atoms with Gasteiger partial charge in [-0.3, -0.25) is 0 Å². The number of allylic oxidation sites excluding steroid dienone is 1. The quantitative estimate of drug-likeness (QED) is 0.552. The van der Waals surface area contributed by atoms with Crippen molar-refractivity contribution in [1.82, 2.24) is 4.90 Å². The summed E-state index contributed by atoms with van der Waals surface area (Å²) >= 11 is 0. The van der Waals surface area contributed by atoms with Gasteiger partial charge in [0.1, 0.15) is 0 Å². The zero-order valence-corrected chi connectivity index (χ0v) is 7.24. The predicted octanol–water partition coefficient (Wildman–Crippen LogP) is 2.55. The molecule has 0 rings (SSSR count). The smallest absolute Gasteiger partial charge is 0.188 e. The van der Waals surface area contributed by atoms with Crippen molar-refractivity contribution in [1.29, 1.82) is 0 Å². The number of rotatable bonds is 3. The molecule has 0 saturated heterocycles. The predicted molar refractivity (Wildman–Crippen MR) is 42.4 cm³/mol. The number of hydrogen-bond acceptors (Lipinski definition) is 1. The van der Waals surface area contributed by atoms with Crippen LogP contribution in [0.1, 0.15) is 27.7 Å². The van der Waals surface area contributed by atoms with E-state index in [0.29, 0.717) is 0 Å². The molecule has 0 amide bonds. The van der Waals surface area contributed by atoms with E-state index in [9.17, 15) is 4.39 Å². The van der Waals surface area contributed by atoms with Gasteiger partial charge in [-0.25, -0.2) is 0 Å². The van der Waals surface area contributed by atoms with E-state index in [1.54, 1.807) is 18.7 Å². The average Bonchev–Trinajstić information content (AvgIpc) is 1.90.